The highest BCUT2D eigenvalue weighted by molar-refractivity contribution is 9.10. The molecular weight excluding hydrogens is 366 g/mol. The average Bonchev–Trinajstić information content (AvgIpc) is 2.41. The third-order valence-electron chi connectivity index (χ3n) is 3.29. The van der Waals surface area contributed by atoms with Crippen molar-refractivity contribution in [3.8, 4) is 0 Å². The number of anilines is 1. The van der Waals surface area contributed by atoms with Crippen LogP contribution in [0.3, 0.4) is 0 Å². The van der Waals surface area contributed by atoms with Crippen LogP contribution in [0.5, 0.6) is 0 Å². The lowest BCUT2D eigenvalue weighted by atomic mass is 10.1. The molecule has 0 aliphatic carbocycles. The number of rotatable bonds is 4. The molecule has 100 valence electrons. The van der Waals surface area contributed by atoms with Crippen molar-refractivity contribution in [2.24, 2.45) is 0 Å². The van der Waals surface area contributed by atoms with E-state index < -0.39 is 0 Å². The molecule has 1 nitrogen and oxygen atoms in total. The maximum atomic E-state index is 3.62. The summed E-state index contributed by atoms with van der Waals surface area (Å²) in [5, 5.41) is 0.870. The molecule has 0 heterocycles. The fourth-order valence-electron chi connectivity index (χ4n) is 2.02. The first-order valence-electron chi connectivity index (χ1n) is 6.22. The quantitative estimate of drug-likeness (QED) is 0.649. The van der Waals surface area contributed by atoms with Crippen molar-refractivity contribution in [3.05, 3.63) is 63.6 Å². The highest BCUT2D eigenvalue weighted by Crippen LogP contribution is 2.26. The summed E-state index contributed by atoms with van der Waals surface area (Å²) in [4.78, 5) is 2.27. The van der Waals surface area contributed by atoms with Gasteiger partial charge in [0.1, 0.15) is 0 Å². The Kier molecular flexibility index (Phi) is 5.06. The summed E-state index contributed by atoms with van der Waals surface area (Å²) in [7, 11) is 2.13. The molecule has 0 aliphatic heterocycles. The Hall–Kier alpha value is -0.800. The molecule has 0 fully saturated rings. The van der Waals surface area contributed by atoms with Gasteiger partial charge >= 0.3 is 0 Å². The van der Waals surface area contributed by atoms with Gasteiger partial charge in [-0.25, -0.2) is 0 Å². The van der Waals surface area contributed by atoms with Gasteiger partial charge in [0.15, 0.2) is 0 Å². The summed E-state index contributed by atoms with van der Waals surface area (Å²) in [6.07, 6.45) is 0. The first kappa shape index (κ1) is 14.6. The van der Waals surface area contributed by atoms with Crippen LogP contribution >= 0.6 is 31.9 Å². The molecule has 0 spiro atoms. The Morgan fingerprint density at radius 3 is 2.42 bits per heavy atom. The van der Waals surface area contributed by atoms with E-state index in [0.717, 1.165) is 16.3 Å². The molecule has 2 rings (SSSR count). The topological polar surface area (TPSA) is 3.24 Å². The second kappa shape index (κ2) is 6.58. The van der Waals surface area contributed by atoms with Gasteiger partial charge in [0.05, 0.1) is 0 Å². The molecule has 0 radical (unpaired) electrons. The molecule has 0 saturated heterocycles. The molecule has 0 aromatic heterocycles. The van der Waals surface area contributed by atoms with Gasteiger partial charge < -0.3 is 4.90 Å². The van der Waals surface area contributed by atoms with Crippen LogP contribution in [0, 0.1) is 6.92 Å². The summed E-state index contributed by atoms with van der Waals surface area (Å²) in [5.74, 6) is 0. The molecule has 0 amide bonds. The number of aryl methyl sites for hydroxylation is 1. The van der Waals surface area contributed by atoms with E-state index in [1.807, 2.05) is 0 Å². The summed E-state index contributed by atoms with van der Waals surface area (Å²) in [6.45, 7) is 3.08. The van der Waals surface area contributed by atoms with Crippen molar-refractivity contribution in [1.29, 1.82) is 0 Å². The van der Waals surface area contributed by atoms with E-state index in [9.17, 15) is 0 Å². The van der Waals surface area contributed by atoms with Gasteiger partial charge in [-0.2, -0.15) is 0 Å². The number of hydrogen-bond acceptors (Lipinski definition) is 1. The maximum Gasteiger partial charge on any atom is 0.0428 e. The zero-order valence-electron chi connectivity index (χ0n) is 11.2. The molecular formula is C16H17Br2N. The van der Waals surface area contributed by atoms with E-state index in [-0.39, 0.29) is 0 Å². The Morgan fingerprint density at radius 1 is 1.05 bits per heavy atom. The lowest BCUT2D eigenvalue weighted by Gasteiger charge is -2.21. The van der Waals surface area contributed by atoms with Crippen molar-refractivity contribution in [1.82, 2.24) is 0 Å². The van der Waals surface area contributed by atoms with E-state index in [4.69, 9.17) is 0 Å². The minimum absolute atomic E-state index is 0.870. The molecule has 0 N–H and O–H groups in total. The highest BCUT2D eigenvalue weighted by atomic mass is 79.9. The summed E-state index contributed by atoms with van der Waals surface area (Å²) >= 11 is 7.11. The fourth-order valence-corrected chi connectivity index (χ4v) is 3.39. The number of halogens is 2. The Morgan fingerprint density at radius 2 is 1.79 bits per heavy atom. The molecule has 2 aromatic rings. The zero-order valence-corrected chi connectivity index (χ0v) is 14.3. The van der Waals surface area contributed by atoms with E-state index in [0.29, 0.717) is 0 Å². The number of nitrogens with zero attached hydrogens (tertiary/aromatic N) is 1. The zero-order chi connectivity index (χ0) is 13.8. The van der Waals surface area contributed by atoms with Crippen molar-refractivity contribution in [3.63, 3.8) is 0 Å². The Bertz CT molecular complexity index is 566. The van der Waals surface area contributed by atoms with Gasteiger partial charge in [0.25, 0.3) is 0 Å². The molecule has 0 unspecified atom stereocenters. The lowest BCUT2D eigenvalue weighted by Crippen LogP contribution is -2.17. The second-order valence-electron chi connectivity index (χ2n) is 4.69. The standard InChI is InChI=1S/C16H17Br2N/c1-12-5-3-4-6-14(12)11-19(2)15-8-7-13(10-17)16(18)9-15/h3-9H,10-11H2,1-2H3. The third kappa shape index (κ3) is 3.61. The predicted octanol–water partition coefficient (Wildman–Crippen LogP) is 5.29. The van der Waals surface area contributed by atoms with Crippen molar-refractivity contribution in [2.45, 2.75) is 18.8 Å². The number of benzene rings is 2. The molecule has 3 heteroatoms. The molecule has 19 heavy (non-hydrogen) atoms. The smallest absolute Gasteiger partial charge is 0.0428 e. The molecule has 0 bridgehead atoms. The summed E-state index contributed by atoms with van der Waals surface area (Å²) in [5.41, 5.74) is 5.20. The number of hydrogen-bond donors (Lipinski definition) is 0. The van der Waals surface area contributed by atoms with Crippen LogP contribution < -0.4 is 4.90 Å². The monoisotopic (exact) mass is 381 g/mol. The largest absolute Gasteiger partial charge is 0.370 e. The van der Waals surface area contributed by atoms with Crippen LogP contribution in [0.15, 0.2) is 46.9 Å². The van der Waals surface area contributed by atoms with Crippen LogP contribution in [0.2, 0.25) is 0 Å². The Labute approximate surface area is 131 Å². The van der Waals surface area contributed by atoms with Gasteiger partial charge in [0.2, 0.25) is 0 Å². The maximum absolute atomic E-state index is 3.62. The van der Waals surface area contributed by atoms with Crippen molar-refractivity contribution < 1.29 is 0 Å². The SMILES string of the molecule is Cc1ccccc1CN(C)c1ccc(CBr)c(Br)c1. The normalized spacial score (nSPS) is 10.5. The number of alkyl halides is 1. The van der Waals surface area contributed by atoms with E-state index in [1.165, 1.54) is 22.4 Å². The van der Waals surface area contributed by atoms with Crippen LogP contribution in [0.4, 0.5) is 5.69 Å². The van der Waals surface area contributed by atoms with Gasteiger partial charge in [0, 0.05) is 29.1 Å². The average molecular weight is 383 g/mol. The summed E-state index contributed by atoms with van der Waals surface area (Å²) in [6, 6.07) is 15.0. The lowest BCUT2D eigenvalue weighted by molar-refractivity contribution is 0.913. The molecule has 0 saturated carbocycles. The first-order valence-corrected chi connectivity index (χ1v) is 8.13. The van der Waals surface area contributed by atoms with Crippen LogP contribution in [0.1, 0.15) is 16.7 Å². The van der Waals surface area contributed by atoms with E-state index >= 15 is 0 Å². The van der Waals surface area contributed by atoms with Crippen molar-refractivity contribution in [2.75, 3.05) is 11.9 Å². The van der Waals surface area contributed by atoms with Gasteiger partial charge in [-0.05, 0) is 35.7 Å². The molecule has 2 aromatic carbocycles. The van der Waals surface area contributed by atoms with E-state index in [2.05, 4.69) is 93.2 Å². The minimum atomic E-state index is 0.870. The minimum Gasteiger partial charge on any atom is -0.370 e. The summed E-state index contributed by atoms with van der Waals surface area (Å²) < 4.78 is 1.15. The predicted molar refractivity (Wildman–Crippen MR) is 90.1 cm³/mol. The highest BCUT2D eigenvalue weighted by Gasteiger charge is 2.06. The second-order valence-corrected chi connectivity index (χ2v) is 6.11. The van der Waals surface area contributed by atoms with Crippen LogP contribution in [-0.2, 0) is 11.9 Å². The Balaban J connectivity index is 2.18. The molecule has 0 aliphatic rings. The van der Waals surface area contributed by atoms with Crippen LogP contribution in [-0.4, -0.2) is 7.05 Å². The van der Waals surface area contributed by atoms with Gasteiger partial charge in [-0.15, -0.1) is 0 Å². The molecule has 0 atom stereocenters. The third-order valence-corrected chi connectivity index (χ3v) is 4.63. The van der Waals surface area contributed by atoms with E-state index in [1.54, 1.807) is 0 Å². The van der Waals surface area contributed by atoms with Gasteiger partial charge in [-0.3, -0.25) is 0 Å². The van der Waals surface area contributed by atoms with Crippen LogP contribution in [0.25, 0.3) is 0 Å². The van der Waals surface area contributed by atoms with Crippen molar-refractivity contribution >= 4 is 37.5 Å². The fraction of sp³-hybridized carbons (Fsp3) is 0.250. The van der Waals surface area contributed by atoms with Gasteiger partial charge in [-0.1, -0.05) is 62.2 Å². The first-order chi connectivity index (χ1) is 9.11.